The van der Waals surface area contributed by atoms with Crippen molar-refractivity contribution in [1.82, 2.24) is 9.80 Å². The molecule has 1 heterocycles. The third kappa shape index (κ3) is 4.89. The lowest BCUT2D eigenvalue weighted by atomic mass is 9.96. The molecular formula is C26H29N3S. The molecule has 0 aromatic heterocycles. The zero-order valence-electron chi connectivity index (χ0n) is 17.7. The van der Waals surface area contributed by atoms with Crippen LogP contribution in [0.25, 0.3) is 0 Å². The molecule has 1 aliphatic heterocycles. The Labute approximate surface area is 185 Å². The second-order valence-corrected chi connectivity index (χ2v) is 8.44. The van der Waals surface area contributed by atoms with E-state index in [0.29, 0.717) is 0 Å². The Morgan fingerprint density at radius 3 is 1.77 bits per heavy atom. The van der Waals surface area contributed by atoms with Crippen LogP contribution in [0.5, 0.6) is 0 Å². The maximum Gasteiger partial charge on any atom is 0.173 e. The molecule has 30 heavy (non-hydrogen) atoms. The first-order valence-electron chi connectivity index (χ1n) is 10.6. The fourth-order valence-corrected chi connectivity index (χ4v) is 4.62. The van der Waals surface area contributed by atoms with Gasteiger partial charge < -0.3 is 10.2 Å². The first kappa shape index (κ1) is 20.6. The summed E-state index contributed by atoms with van der Waals surface area (Å²) in [4.78, 5) is 4.86. The van der Waals surface area contributed by atoms with Crippen LogP contribution in [-0.2, 0) is 0 Å². The average molecular weight is 416 g/mol. The van der Waals surface area contributed by atoms with Crippen molar-refractivity contribution in [3.05, 3.63) is 101 Å². The molecule has 3 aromatic carbocycles. The van der Waals surface area contributed by atoms with Gasteiger partial charge in [0.25, 0.3) is 0 Å². The van der Waals surface area contributed by atoms with Crippen molar-refractivity contribution >= 4 is 23.0 Å². The lowest BCUT2D eigenvalue weighted by Gasteiger charge is -2.40. The number of anilines is 1. The number of nitrogens with one attached hydrogen (secondary N) is 1. The lowest BCUT2D eigenvalue weighted by molar-refractivity contribution is 0.151. The van der Waals surface area contributed by atoms with Crippen LogP contribution in [0.2, 0.25) is 0 Å². The van der Waals surface area contributed by atoms with E-state index >= 15 is 0 Å². The number of piperazine rings is 1. The molecule has 1 aliphatic rings. The van der Waals surface area contributed by atoms with Gasteiger partial charge in [0.05, 0.1) is 6.04 Å². The first-order chi connectivity index (χ1) is 14.6. The smallest absolute Gasteiger partial charge is 0.173 e. The van der Waals surface area contributed by atoms with Crippen molar-refractivity contribution in [2.45, 2.75) is 19.9 Å². The molecule has 0 unspecified atom stereocenters. The number of hydrogen-bond acceptors (Lipinski definition) is 2. The van der Waals surface area contributed by atoms with Gasteiger partial charge in [0.2, 0.25) is 0 Å². The topological polar surface area (TPSA) is 18.5 Å². The lowest BCUT2D eigenvalue weighted by Crippen LogP contribution is -2.51. The zero-order chi connectivity index (χ0) is 20.9. The SMILES string of the molecule is Cc1cc(C)cc(NC(=S)N2CCN(C(c3ccccc3)c3ccccc3)CC2)c1. The molecule has 0 aliphatic carbocycles. The third-order valence-corrected chi connectivity index (χ3v) is 6.03. The minimum absolute atomic E-state index is 0.274. The van der Waals surface area contributed by atoms with Crippen LogP contribution in [0, 0.1) is 13.8 Å². The Kier molecular flexibility index (Phi) is 6.46. The molecule has 1 N–H and O–H groups in total. The number of thiocarbonyl (C=S) groups is 1. The monoisotopic (exact) mass is 415 g/mol. The summed E-state index contributed by atoms with van der Waals surface area (Å²) >= 11 is 5.73. The summed E-state index contributed by atoms with van der Waals surface area (Å²) in [7, 11) is 0. The normalized spacial score (nSPS) is 14.7. The molecule has 3 nitrogen and oxygen atoms in total. The molecule has 0 amide bonds. The van der Waals surface area contributed by atoms with Crippen LogP contribution in [-0.4, -0.2) is 41.1 Å². The number of nitrogens with zero attached hydrogens (tertiary/aromatic N) is 2. The van der Waals surface area contributed by atoms with E-state index in [1.165, 1.54) is 22.3 Å². The van der Waals surface area contributed by atoms with Gasteiger partial charge in [-0.3, -0.25) is 4.90 Å². The largest absolute Gasteiger partial charge is 0.346 e. The highest BCUT2D eigenvalue weighted by molar-refractivity contribution is 7.80. The van der Waals surface area contributed by atoms with E-state index in [1.807, 2.05) is 0 Å². The van der Waals surface area contributed by atoms with E-state index in [0.717, 1.165) is 37.0 Å². The Morgan fingerprint density at radius 1 is 0.767 bits per heavy atom. The van der Waals surface area contributed by atoms with Gasteiger partial charge in [-0.2, -0.15) is 0 Å². The van der Waals surface area contributed by atoms with Gasteiger partial charge in [-0.1, -0.05) is 66.7 Å². The quantitative estimate of drug-likeness (QED) is 0.574. The van der Waals surface area contributed by atoms with Crippen molar-refractivity contribution < 1.29 is 0 Å². The van der Waals surface area contributed by atoms with E-state index < -0.39 is 0 Å². The Hall–Kier alpha value is -2.69. The van der Waals surface area contributed by atoms with Gasteiger partial charge in [-0.15, -0.1) is 0 Å². The van der Waals surface area contributed by atoms with Crippen LogP contribution >= 0.6 is 12.2 Å². The molecule has 3 aromatic rings. The molecule has 1 saturated heterocycles. The fourth-order valence-electron chi connectivity index (χ4n) is 4.32. The predicted octanol–water partition coefficient (Wildman–Crippen LogP) is 5.41. The summed E-state index contributed by atoms with van der Waals surface area (Å²) in [6.45, 7) is 8.03. The van der Waals surface area contributed by atoms with E-state index in [4.69, 9.17) is 12.2 Å². The molecule has 0 atom stereocenters. The highest BCUT2D eigenvalue weighted by atomic mass is 32.1. The van der Waals surface area contributed by atoms with Crippen molar-refractivity contribution in [3.63, 3.8) is 0 Å². The van der Waals surface area contributed by atoms with E-state index in [9.17, 15) is 0 Å². The summed E-state index contributed by atoms with van der Waals surface area (Å²) in [5.74, 6) is 0. The summed E-state index contributed by atoms with van der Waals surface area (Å²) in [5, 5.41) is 4.25. The highest BCUT2D eigenvalue weighted by Crippen LogP contribution is 2.29. The van der Waals surface area contributed by atoms with Crippen LogP contribution < -0.4 is 5.32 Å². The fraction of sp³-hybridized carbons (Fsp3) is 0.269. The van der Waals surface area contributed by atoms with Gasteiger partial charge >= 0.3 is 0 Å². The molecule has 4 heteroatoms. The summed E-state index contributed by atoms with van der Waals surface area (Å²) in [6.07, 6.45) is 0. The van der Waals surface area contributed by atoms with Gasteiger partial charge in [0.1, 0.15) is 0 Å². The molecular weight excluding hydrogens is 386 g/mol. The van der Waals surface area contributed by atoms with Crippen molar-refractivity contribution in [3.8, 4) is 0 Å². The van der Waals surface area contributed by atoms with E-state index in [-0.39, 0.29) is 6.04 Å². The maximum atomic E-state index is 5.73. The van der Waals surface area contributed by atoms with E-state index in [1.54, 1.807) is 0 Å². The molecule has 154 valence electrons. The Bertz CT molecular complexity index is 920. The first-order valence-corrected chi connectivity index (χ1v) is 11.0. The second-order valence-electron chi connectivity index (χ2n) is 8.05. The second kappa shape index (κ2) is 9.41. The molecule has 4 rings (SSSR count). The number of benzene rings is 3. The minimum atomic E-state index is 0.274. The number of aryl methyl sites for hydroxylation is 2. The third-order valence-electron chi connectivity index (χ3n) is 5.67. The molecule has 0 radical (unpaired) electrons. The van der Waals surface area contributed by atoms with Crippen LogP contribution in [0.15, 0.2) is 78.9 Å². The van der Waals surface area contributed by atoms with E-state index in [2.05, 4.69) is 108 Å². The van der Waals surface area contributed by atoms with Crippen LogP contribution in [0.3, 0.4) is 0 Å². The highest BCUT2D eigenvalue weighted by Gasteiger charge is 2.27. The summed E-state index contributed by atoms with van der Waals surface area (Å²) in [5.41, 5.74) is 6.25. The predicted molar refractivity (Wildman–Crippen MR) is 130 cm³/mol. The molecule has 0 spiro atoms. The molecule has 0 bridgehead atoms. The zero-order valence-corrected chi connectivity index (χ0v) is 18.5. The minimum Gasteiger partial charge on any atom is -0.346 e. The van der Waals surface area contributed by atoms with Crippen LogP contribution in [0.4, 0.5) is 5.69 Å². The molecule has 0 saturated carbocycles. The van der Waals surface area contributed by atoms with Crippen molar-refractivity contribution in [2.24, 2.45) is 0 Å². The van der Waals surface area contributed by atoms with Gasteiger partial charge in [-0.05, 0) is 60.5 Å². The standard InChI is InChI=1S/C26H29N3S/c1-20-17-21(2)19-24(18-20)27-26(30)29-15-13-28(14-16-29)25(22-9-5-3-6-10-22)23-11-7-4-8-12-23/h3-12,17-19,25H,13-16H2,1-2H3,(H,27,30). The van der Waals surface area contributed by atoms with Gasteiger partial charge in [0.15, 0.2) is 5.11 Å². The number of rotatable bonds is 4. The maximum absolute atomic E-state index is 5.73. The Morgan fingerprint density at radius 2 is 1.27 bits per heavy atom. The van der Waals surface area contributed by atoms with Crippen LogP contribution in [0.1, 0.15) is 28.3 Å². The summed E-state index contributed by atoms with van der Waals surface area (Å²) in [6, 6.07) is 28.4. The van der Waals surface area contributed by atoms with Gasteiger partial charge in [0, 0.05) is 31.9 Å². The Balaban J connectivity index is 1.45. The van der Waals surface area contributed by atoms with Gasteiger partial charge in [-0.25, -0.2) is 0 Å². The number of hydrogen-bond donors (Lipinski definition) is 1. The molecule has 1 fully saturated rings. The van der Waals surface area contributed by atoms with Crippen molar-refractivity contribution in [2.75, 3.05) is 31.5 Å². The summed E-state index contributed by atoms with van der Waals surface area (Å²) < 4.78 is 0. The average Bonchev–Trinajstić information content (AvgIpc) is 2.75. The van der Waals surface area contributed by atoms with Crippen molar-refractivity contribution in [1.29, 1.82) is 0 Å².